The number of rotatable bonds is 5. The third-order valence-corrected chi connectivity index (χ3v) is 3.52. The highest BCUT2D eigenvalue weighted by molar-refractivity contribution is 5.85. The van der Waals surface area contributed by atoms with Gasteiger partial charge in [-0.1, -0.05) is 25.5 Å². The number of unbranched alkanes of at least 4 members (excludes halogenated alkanes) is 1. The second-order valence-electron chi connectivity index (χ2n) is 4.88. The molecule has 2 rings (SSSR count). The first-order chi connectivity index (χ1) is 8.83. The van der Waals surface area contributed by atoms with Gasteiger partial charge in [-0.15, -0.1) is 12.4 Å². The van der Waals surface area contributed by atoms with E-state index in [1.54, 1.807) is 6.07 Å². The van der Waals surface area contributed by atoms with Crippen molar-refractivity contribution < 1.29 is 9.13 Å². The smallest absolute Gasteiger partial charge is 0.165 e. The molecule has 0 aliphatic carbocycles. The van der Waals surface area contributed by atoms with Crippen LogP contribution in [0, 0.1) is 5.82 Å². The number of nitrogens with one attached hydrogen (secondary N) is 1. The molecule has 0 spiro atoms. The van der Waals surface area contributed by atoms with Crippen LogP contribution in [0.15, 0.2) is 18.2 Å². The molecule has 1 N–H and O–H groups in total. The van der Waals surface area contributed by atoms with Crippen molar-refractivity contribution >= 4 is 12.4 Å². The Bertz CT molecular complexity index is 380. The van der Waals surface area contributed by atoms with E-state index in [0.29, 0.717) is 18.3 Å². The van der Waals surface area contributed by atoms with Crippen LogP contribution in [0.5, 0.6) is 5.75 Å². The summed E-state index contributed by atoms with van der Waals surface area (Å²) in [5.41, 5.74) is 1.05. The molecule has 0 saturated carbocycles. The summed E-state index contributed by atoms with van der Waals surface area (Å²) in [5.74, 6) is 0.693. The highest BCUT2D eigenvalue weighted by Gasteiger charge is 2.21. The molecule has 2 nitrogen and oxygen atoms in total. The third kappa shape index (κ3) is 4.36. The van der Waals surface area contributed by atoms with E-state index in [1.165, 1.54) is 6.07 Å². The van der Waals surface area contributed by atoms with Gasteiger partial charge < -0.3 is 10.1 Å². The van der Waals surface area contributed by atoms with Crippen molar-refractivity contribution in [2.45, 2.75) is 38.5 Å². The fraction of sp³-hybridized carbons (Fsp3) is 0.600. The first kappa shape index (κ1) is 16.3. The summed E-state index contributed by atoms with van der Waals surface area (Å²) in [6, 6.07) is 5.30. The van der Waals surface area contributed by atoms with E-state index in [0.717, 1.165) is 44.3 Å². The number of piperidine rings is 1. The number of benzene rings is 1. The molecule has 0 aromatic heterocycles. The van der Waals surface area contributed by atoms with Gasteiger partial charge in [0, 0.05) is 5.56 Å². The first-order valence-electron chi connectivity index (χ1n) is 6.95. The molecule has 1 aromatic carbocycles. The van der Waals surface area contributed by atoms with Gasteiger partial charge in [0.05, 0.1) is 6.61 Å². The monoisotopic (exact) mass is 287 g/mol. The highest BCUT2D eigenvalue weighted by Crippen LogP contribution is 2.34. The van der Waals surface area contributed by atoms with Crippen molar-refractivity contribution in [2.75, 3.05) is 19.7 Å². The summed E-state index contributed by atoms with van der Waals surface area (Å²) in [5, 5.41) is 3.34. The minimum atomic E-state index is -0.220. The molecule has 1 saturated heterocycles. The van der Waals surface area contributed by atoms with Crippen LogP contribution >= 0.6 is 12.4 Å². The maximum absolute atomic E-state index is 13.9. The van der Waals surface area contributed by atoms with Crippen LogP contribution in [0.4, 0.5) is 4.39 Å². The summed E-state index contributed by atoms with van der Waals surface area (Å²) in [4.78, 5) is 0. The minimum absolute atomic E-state index is 0. The molecule has 108 valence electrons. The first-order valence-corrected chi connectivity index (χ1v) is 6.95. The van der Waals surface area contributed by atoms with Crippen molar-refractivity contribution in [3.05, 3.63) is 29.6 Å². The maximum atomic E-state index is 13.9. The molecule has 1 aliphatic heterocycles. The van der Waals surface area contributed by atoms with Gasteiger partial charge >= 0.3 is 0 Å². The van der Waals surface area contributed by atoms with Crippen LogP contribution in [0.2, 0.25) is 0 Å². The van der Waals surface area contributed by atoms with E-state index >= 15 is 0 Å². The Kier molecular flexibility index (Phi) is 7.17. The van der Waals surface area contributed by atoms with E-state index < -0.39 is 0 Å². The quantitative estimate of drug-likeness (QED) is 0.830. The molecule has 4 heteroatoms. The summed E-state index contributed by atoms with van der Waals surface area (Å²) in [7, 11) is 0. The average molecular weight is 288 g/mol. The Labute approximate surface area is 121 Å². The van der Waals surface area contributed by atoms with Gasteiger partial charge in [-0.3, -0.25) is 0 Å². The molecule has 0 amide bonds. The van der Waals surface area contributed by atoms with Gasteiger partial charge in [0.2, 0.25) is 0 Å². The van der Waals surface area contributed by atoms with E-state index in [4.69, 9.17) is 4.74 Å². The molecule has 19 heavy (non-hydrogen) atoms. The van der Waals surface area contributed by atoms with Crippen LogP contribution in [-0.4, -0.2) is 19.7 Å². The standard InChI is InChI=1S/C15H22FNO.ClH/c1-2-3-11-18-15-13(5-4-6-14(15)16)12-7-9-17-10-8-12;/h4-6,12,17H,2-3,7-11H2,1H3;1H. The minimum Gasteiger partial charge on any atom is -0.490 e. The molecule has 0 unspecified atom stereocenters. The average Bonchev–Trinajstić information content (AvgIpc) is 2.42. The SMILES string of the molecule is CCCCOc1c(F)cccc1C1CCNCC1.Cl. The number of halogens is 2. The molecular weight excluding hydrogens is 265 g/mol. The topological polar surface area (TPSA) is 21.3 Å². The molecule has 1 aromatic rings. The number of ether oxygens (including phenoxy) is 1. The molecular formula is C15H23ClFNO. The normalized spacial score (nSPS) is 15.9. The Morgan fingerprint density at radius 1 is 1.32 bits per heavy atom. The lowest BCUT2D eigenvalue weighted by Gasteiger charge is -2.25. The Morgan fingerprint density at radius 2 is 2.05 bits per heavy atom. The lowest BCUT2D eigenvalue weighted by molar-refractivity contribution is 0.286. The lowest BCUT2D eigenvalue weighted by atomic mass is 9.89. The lowest BCUT2D eigenvalue weighted by Crippen LogP contribution is -2.27. The largest absolute Gasteiger partial charge is 0.490 e. The highest BCUT2D eigenvalue weighted by atomic mass is 35.5. The zero-order valence-corrected chi connectivity index (χ0v) is 12.3. The molecule has 0 bridgehead atoms. The fourth-order valence-corrected chi connectivity index (χ4v) is 2.45. The Hall–Kier alpha value is -0.800. The van der Waals surface area contributed by atoms with Gasteiger partial charge in [0.25, 0.3) is 0 Å². The summed E-state index contributed by atoms with van der Waals surface area (Å²) >= 11 is 0. The van der Waals surface area contributed by atoms with Crippen molar-refractivity contribution in [3.8, 4) is 5.75 Å². The third-order valence-electron chi connectivity index (χ3n) is 3.52. The van der Waals surface area contributed by atoms with Gasteiger partial charge in [0.1, 0.15) is 0 Å². The predicted octanol–water partition coefficient (Wildman–Crippen LogP) is 3.89. The van der Waals surface area contributed by atoms with Crippen LogP contribution in [-0.2, 0) is 0 Å². The number of para-hydroxylation sites is 1. The fourth-order valence-electron chi connectivity index (χ4n) is 2.45. The summed E-state index contributed by atoms with van der Waals surface area (Å²) in [6.07, 6.45) is 4.16. The van der Waals surface area contributed by atoms with E-state index in [-0.39, 0.29) is 18.2 Å². The van der Waals surface area contributed by atoms with E-state index in [9.17, 15) is 4.39 Å². The number of hydrogen-bond donors (Lipinski definition) is 1. The van der Waals surface area contributed by atoms with Crippen molar-refractivity contribution in [3.63, 3.8) is 0 Å². The van der Waals surface area contributed by atoms with Crippen LogP contribution in [0.3, 0.4) is 0 Å². The van der Waals surface area contributed by atoms with E-state index in [1.807, 2.05) is 6.07 Å². The summed E-state index contributed by atoms with van der Waals surface area (Å²) < 4.78 is 19.6. The summed E-state index contributed by atoms with van der Waals surface area (Å²) in [6.45, 7) is 4.74. The number of hydrogen-bond acceptors (Lipinski definition) is 2. The molecule has 1 aliphatic rings. The molecule has 1 heterocycles. The van der Waals surface area contributed by atoms with Gasteiger partial charge in [-0.05, 0) is 44.3 Å². The Balaban J connectivity index is 0.00000180. The second-order valence-corrected chi connectivity index (χ2v) is 4.88. The van der Waals surface area contributed by atoms with Crippen molar-refractivity contribution in [2.24, 2.45) is 0 Å². The van der Waals surface area contributed by atoms with Crippen molar-refractivity contribution in [1.29, 1.82) is 0 Å². The predicted molar refractivity (Wildman–Crippen MR) is 78.9 cm³/mol. The Morgan fingerprint density at radius 3 is 2.74 bits per heavy atom. The van der Waals surface area contributed by atoms with Crippen LogP contribution in [0.1, 0.15) is 44.1 Å². The van der Waals surface area contributed by atoms with E-state index in [2.05, 4.69) is 12.2 Å². The second kappa shape index (κ2) is 8.39. The zero-order chi connectivity index (χ0) is 12.8. The molecule has 0 radical (unpaired) electrons. The van der Waals surface area contributed by atoms with Crippen LogP contribution < -0.4 is 10.1 Å². The van der Waals surface area contributed by atoms with Crippen molar-refractivity contribution in [1.82, 2.24) is 5.32 Å². The maximum Gasteiger partial charge on any atom is 0.165 e. The van der Waals surface area contributed by atoms with Gasteiger partial charge in [-0.25, -0.2) is 4.39 Å². The van der Waals surface area contributed by atoms with Gasteiger partial charge in [0.15, 0.2) is 11.6 Å². The molecule has 1 fully saturated rings. The van der Waals surface area contributed by atoms with Crippen LogP contribution in [0.25, 0.3) is 0 Å². The molecule has 0 atom stereocenters. The van der Waals surface area contributed by atoms with Gasteiger partial charge in [-0.2, -0.15) is 0 Å². The zero-order valence-electron chi connectivity index (χ0n) is 11.5.